The number of aromatic amines is 1. The summed E-state index contributed by atoms with van der Waals surface area (Å²) >= 11 is 0. The quantitative estimate of drug-likeness (QED) is 0.424. The summed E-state index contributed by atoms with van der Waals surface area (Å²) in [6.45, 7) is 3.73. The fourth-order valence-electron chi connectivity index (χ4n) is 3.35. The average molecular weight is 422 g/mol. The summed E-state index contributed by atoms with van der Waals surface area (Å²) in [6, 6.07) is 14.6. The Morgan fingerprint density at radius 1 is 1.00 bits per heavy atom. The minimum absolute atomic E-state index is 0.171. The lowest BCUT2D eigenvalue weighted by molar-refractivity contribution is -0.128. The Morgan fingerprint density at radius 2 is 1.77 bits per heavy atom. The first-order chi connectivity index (χ1) is 14.9. The van der Waals surface area contributed by atoms with Crippen molar-refractivity contribution in [3.05, 3.63) is 60.3 Å². The standard InChI is InChI=1S/C23H27N5O3/c1-15(2)12-19(23(31)27-20-10-11-25-28-20)26-22(30)14-24-21(29)13-17-8-5-7-16-6-3-4-9-18(16)17/h3-11,15,19H,12-14H2,1-2H3,(H,24,29)(H,26,30)(H2,25,27,28,31). The summed E-state index contributed by atoms with van der Waals surface area (Å²) in [4.78, 5) is 37.3. The number of rotatable bonds is 9. The molecule has 2 aromatic carbocycles. The van der Waals surface area contributed by atoms with E-state index in [-0.39, 0.29) is 30.7 Å². The molecule has 4 N–H and O–H groups in total. The third-order valence-electron chi connectivity index (χ3n) is 4.79. The van der Waals surface area contributed by atoms with Crippen LogP contribution in [0.25, 0.3) is 10.8 Å². The summed E-state index contributed by atoms with van der Waals surface area (Å²) in [5, 5.41) is 16.5. The molecule has 8 heteroatoms. The van der Waals surface area contributed by atoms with Gasteiger partial charge >= 0.3 is 0 Å². The lowest BCUT2D eigenvalue weighted by Gasteiger charge is -2.20. The Balaban J connectivity index is 1.54. The van der Waals surface area contributed by atoms with E-state index in [4.69, 9.17) is 0 Å². The van der Waals surface area contributed by atoms with Crippen LogP contribution in [0.4, 0.5) is 5.82 Å². The van der Waals surface area contributed by atoms with Gasteiger partial charge in [-0.15, -0.1) is 0 Å². The minimum Gasteiger partial charge on any atom is -0.347 e. The monoisotopic (exact) mass is 421 g/mol. The molecule has 1 atom stereocenters. The molecule has 0 spiro atoms. The number of hydrogen-bond donors (Lipinski definition) is 4. The molecule has 1 heterocycles. The van der Waals surface area contributed by atoms with Crippen molar-refractivity contribution in [1.82, 2.24) is 20.8 Å². The molecule has 31 heavy (non-hydrogen) atoms. The van der Waals surface area contributed by atoms with Gasteiger partial charge in [0, 0.05) is 6.07 Å². The molecule has 0 aliphatic rings. The highest BCUT2D eigenvalue weighted by atomic mass is 16.2. The van der Waals surface area contributed by atoms with Crippen molar-refractivity contribution in [2.45, 2.75) is 32.7 Å². The number of anilines is 1. The number of fused-ring (bicyclic) bond motifs is 1. The number of carbonyl (C=O) groups is 3. The third-order valence-corrected chi connectivity index (χ3v) is 4.79. The van der Waals surface area contributed by atoms with E-state index in [1.807, 2.05) is 56.3 Å². The Kier molecular flexibility index (Phi) is 7.37. The molecule has 3 amide bonds. The molecule has 1 unspecified atom stereocenters. The zero-order valence-electron chi connectivity index (χ0n) is 17.6. The van der Waals surface area contributed by atoms with Gasteiger partial charge in [-0.25, -0.2) is 0 Å². The van der Waals surface area contributed by atoms with E-state index in [2.05, 4.69) is 26.1 Å². The van der Waals surface area contributed by atoms with Gasteiger partial charge in [0.05, 0.1) is 19.2 Å². The summed E-state index contributed by atoms with van der Waals surface area (Å²) < 4.78 is 0. The van der Waals surface area contributed by atoms with Crippen LogP contribution in [0.3, 0.4) is 0 Å². The average Bonchev–Trinajstić information content (AvgIpc) is 3.25. The fraction of sp³-hybridized carbons (Fsp3) is 0.304. The molecule has 3 aromatic rings. The van der Waals surface area contributed by atoms with Crippen LogP contribution in [-0.4, -0.2) is 40.5 Å². The van der Waals surface area contributed by atoms with Crippen molar-refractivity contribution in [2.75, 3.05) is 11.9 Å². The predicted octanol–water partition coefficient (Wildman–Crippen LogP) is 2.39. The minimum atomic E-state index is -0.717. The van der Waals surface area contributed by atoms with Crippen LogP contribution in [0.2, 0.25) is 0 Å². The Hall–Kier alpha value is -3.68. The highest BCUT2D eigenvalue weighted by Crippen LogP contribution is 2.18. The topological polar surface area (TPSA) is 116 Å². The SMILES string of the molecule is CC(C)CC(NC(=O)CNC(=O)Cc1cccc2ccccc12)C(=O)Nc1ccn[nH]1. The Bertz CT molecular complexity index is 1040. The first kappa shape index (κ1) is 22.0. The van der Waals surface area contributed by atoms with Crippen molar-refractivity contribution in [1.29, 1.82) is 0 Å². The van der Waals surface area contributed by atoms with Crippen LogP contribution in [-0.2, 0) is 20.8 Å². The van der Waals surface area contributed by atoms with Gasteiger partial charge in [0.15, 0.2) is 0 Å². The predicted molar refractivity (Wildman–Crippen MR) is 119 cm³/mol. The van der Waals surface area contributed by atoms with E-state index < -0.39 is 11.9 Å². The summed E-state index contributed by atoms with van der Waals surface area (Å²) in [7, 11) is 0. The van der Waals surface area contributed by atoms with Gasteiger partial charge in [0.2, 0.25) is 17.7 Å². The van der Waals surface area contributed by atoms with Crippen LogP contribution in [0.15, 0.2) is 54.7 Å². The molecule has 0 bridgehead atoms. The maximum Gasteiger partial charge on any atom is 0.248 e. The molecular weight excluding hydrogens is 394 g/mol. The summed E-state index contributed by atoms with van der Waals surface area (Å²) in [5.41, 5.74) is 0.896. The first-order valence-corrected chi connectivity index (χ1v) is 10.3. The van der Waals surface area contributed by atoms with Crippen molar-refractivity contribution in [3.63, 3.8) is 0 Å². The van der Waals surface area contributed by atoms with E-state index in [0.717, 1.165) is 16.3 Å². The Morgan fingerprint density at radius 3 is 2.52 bits per heavy atom. The summed E-state index contributed by atoms with van der Waals surface area (Å²) in [6.07, 6.45) is 2.16. The van der Waals surface area contributed by atoms with E-state index in [1.54, 1.807) is 6.07 Å². The largest absolute Gasteiger partial charge is 0.347 e. The second kappa shape index (κ2) is 10.4. The lowest BCUT2D eigenvalue weighted by atomic mass is 10.0. The van der Waals surface area contributed by atoms with E-state index in [0.29, 0.717) is 12.2 Å². The molecule has 0 saturated carbocycles. The number of aromatic nitrogens is 2. The molecule has 1 aromatic heterocycles. The number of nitrogens with one attached hydrogen (secondary N) is 4. The molecule has 0 radical (unpaired) electrons. The zero-order chi connectivity index (χ0) is 22.2. The number of hydrogen-bond acceptors (Lipinski definition) is 4. The van der Waals surface area contributed by atoms with Gasteiger partial charge in [-0.2, -0.15) is 5.10 Å². The first-order valence-electron chi connectivity index (χ1n) is 10.3. The Labute approximate surface area is 180 Å². The lowest BCUT2D eigenvalue weighted by Crippen LogP contribution is -2.48. The maximum absolute atomic E-state index is 12.5. The van der Waals surface area contributed by atoms with E-state index in [9.17, 15) is 14.4 Å². The smallest absolute Gasteiger partial charge is 0.248 e. The highest BCUT2D eigenvalue weighted by molar-refractivity contribution is 5.97. The molecule has 3 rings (SSSR count). The second-order valence-corrected chi connectivity index (χ2v) is 7.80. The van der Waals surface area contributed by atoms with Gasteiger partial charge in [-0.1, -0.05) is 56.3 Å². The molecule has 8 nitrogen and oxygen atoms in total. The number of H-pyrrole nitrogens is 1. The third kappa shape index (κ3) is 6.40. The number of carbonyl (C=O) groups excluding carboxylic acids is 3. The fourth-order valence-corrected chi connectivity index (χ4v) is 3.35. The second-order valence-electron chi connectivity index (χ2n) is 7.80. The van der Waals surface area contributed by atoms with Gasteiger partial charge in [-0.3, -0.25) is 19.5 Å². The van der Waals surface area contributed by atoms with Crippen molar-refractivity contribution in [3.8, 4) is 0 Å². The zero-order valence-corrected chi connectivity index (χ0v) is 17.6. The number of benzene rings is 2. The van der Waals surface area contributed by atoms with Gasteiger partial charge in [0.25, 0.3) is 0 Å². The molecule has 0 aliphatic carbocycles. The van der Waals surface area contributed by atoms with Crippen LogP contribution in [0.1, 0.15) is 25.8 Å². The van der Waals surface area contributed by atoms with Gasteiger partial charge < -0.3 is 16.0 Å². The van der Waals surface area contributed by atoms with Gasteiger partial charge in [-0.05, 0) is 28.7 Å². The maximum atomic E-state index is 12.5. The number of amides is 3. The number of nitrogens with zero attached hydrogens (tertiary/aromatic N) is 1. The van der Waals surface area contributed by atoms with Gasteiger partial charge in [0.1, 0.15) is 11.9 Å². The molecule has 0 fully saturated rings. The van der Waals surface area contributed by atoms with Crippen molar-refractivity contribution < 1.29 is 14.4 Å². The van der Waals surface area contributed by atoms with E-state index in [1.165, 1.54) is 6.20 Å². The van der Waals surface area contributed by atoms with Crippen LogP contribution >= 0.6 is 0 Å². The molecule has 0 saturated heterocycles. The molecule has 162 valence electrons. The van der Waals surface area contributed by atoms with Crippen LogP contribution in [0.5, 0.6) is 0 Å². The normalized spacial score (nSPS) is 11.8. The van der Waals surface area contributed by atoms with E-state index >= 15 is 0 Å². The summed E-state index contributed by atoms with van der Waals surface area (Å²) in [5.74, 6) is -0.367. The van der Waals surface area contributed by atoms with Crippen LogP contribution < -0.4 is 16.0 Å². The van der Waals surface area contributed by atoms with Crippen molar-refractivity contribution >= 4 is 34.3 Å². The highest BCUT2D eigenvalue weighted by Gasteiger charge is 2.22. The molecule has 0 aliphatic heterocycles. The van der Waals surface area contributed by atoms with Crippen LogP contribution in [0, 0.1) is 5.92 Å². The van der Waals surface area contributed by atoms with Crippen molar-refractivity contribution in [2.24, 2.45) is 5.92 Å². The molecular formula is C23H27N5O3.